The molecule has 0 amide bonds. The minimum Gasteiger partial charge on any atom is -0.468 e. The van der Waals surface area contributed by atoms with Gasteiger partial charge in [0, 0.05) is 5.75 Å². The molecule has 1 aliphatic heterocycles. The van der Waals surface area contributed by atoms with Crippen molar-refractivity contribution < 1.29 is 26.7 Å². The SMILES string of the molecule is COC(=O)[C@H]1CSCN1S(=O)(=O)c1cc(F)c(C)cc1F. The highest BCUT2D eigenvalue weighted by molar-refractivity contribution is 8.00. The second-order valence-electron chi connectivity index (χ2n) is 4.46. The summed E-state index contributed by atoms with van der Waals surface area (Å²) in [5.41, 5.74) is 0.00626. The molecule has 9 heteroatoms. The van der Waals surface area contributed by atoms with Crippen LogP contribution in [0.4, 0.5) is 8.78 Å². The Morgan fingerprint density at radius 2 is 2.05 bits per heavy atom. The van der Waals surface area contributed by atoms with Crippen LogP contribution < -0.4 is 0 Å². The van der Waals surface area contributed by atoms with Crippen molar-refractivity contribution in [3.63, 3.8) is 0 Å². The van der Waals surface area contributed by atoms with E-state index in [0.29, 0.717) is 6.07 Å². The molecule has 1 aliphatic rings. The van der Waals surface area contributed by atoms with E-state index < -0.39 is 38.6 Å². The number of hydrogen-bond acceptors (Lipinski definition) is 5. The molecule has 0 bridgehead atoms. The minimum atomic E-state index is -4.32. The molecule has 1 saturated heterocycles. The number of benzene rings is 1. The molecule has 0 N–H and O–H groups in total. The standard InChI is InChI=1S/C12H13F2NO4S2/c1-7-3-9(14)11(4-8(7)13)21(17,18)15-6-20-5-10(15)12(16)19-2/h3-4,10H,5-6H2,1-2H3/t10-/m1/s1. The van der Waals surface area contributed by atoms with E-state index in [-0.39, 0.29) is 17.2 Å². The van der Waals surface area contributed by atoms with E-state index in [1.165, 1.54) is 18.7 Å². The van der Waals surface area contributed by atoms with Crippen LogP contribution in [0.1, 0.15) is 5.56 Å². The van der Waals surface area contributed by atoms with E-state index in [4.69, 9.17) is 0 Å². The molecule has 116 valence electrons. The second-order valence-corrected chi connectivity index (χ2v) is 7.32. The van der Waals surface area contributed by atoms with E-state index in [1.807, 2.05) is 0 Å². The summed E-state index contributed by atoms with van der Waals surface area (Å²) in [6.45, 7) is 1.33. The Morgan fingerprint density at radius 3 is 2.67 bits per heavy atom. The average Bonchev–Trinajstić information content (AvgIpc) is 2.91. The Kier molecular flexibility index (Phi) is 4.54. The number of hydrogen-bond donors (Lipinski definition) is 0. The molecule has 2 rings (SSSR count). The van der Waals surface area contributed by atoms with E-state index in [1.54, 1.807) is 0 Å². The van der Waals surface area contributed by atoms with Gasteiger partial charge in [-0.15, -0.1) is 11.8 Å². The lowest BCUT2D eigenvalue weighted by Crippen LogP contribution is -2.42. The topological polar surface area (TPSA) is 63.7 Å². The van der Waals surface area contributed by atoms with Gasteiger partial charge in [-0.1, -0.05) is 0 Å². The zero-order chi connectivity index (χ0) is 15.8. The maximum Gasteiger partial charge on any atom is 0.325 e. The van der Waals surface area contributed by atoms with Crippen molar-refractivity contribution in [1.29, 1.82) is 0 Å². The zero-order valence-electron chi connectivity index (χ0n) is 11.3. The van der Waals surface area contributed by atoms with Crippen LogP contribution in [0.5, 0.6) is 0 Å². The number of carbonyl (C=O) groups is 1. The fourth-order valence-electron chi connectivity index (χ4n) is 1.94. The molecule has 21 heavy (non-hydrogen) atoms. The number of halogens is 2. The molecule has 0 unspecified atom stereocenters. The molecule has 0 saturated carbocycles. The molecular weight excluding hydrogens is 324 g/mol. The molecule has 1 atom stereocenters. The monoisotopic (exact) mass is 337 g/mol. The van der Waals surface area contributed by atoms with Crippen molar-refractivity contribution in [2.75, 3.05) is 18.7 Å². The number of carbonyl (C=O) groups excluding carboxylic acids is 1. The van der Waals surface area contributed by atoms with Gasteiger partial charge in [0.05, 0.1) is 13.0 Å². The number of sulfonamides is 1. The highest BCUT2D eigenvalue weighted by Crippen LogP contribution is 2.30. The van der Waals surface area contributed by atoms with Crippen molar-refractivity contribution in [2.24, 2.45) is 0 Å². The Labute approximate surface area is 125 Å². The molecule has 1 aromatic carbocycles. The molecule has 0 aromatic heterocycles. The number of ether oxygens (including phenoxy) is 1. The lowest BCUT2D eigenvalue weighted by molar-refractivity contribution is -0.143. The van der Waals surface area contributed by atoms with Crippen LogP contribution in [-0.4, -0.2) is 43.5 Å². The van der Waals surface area contributed by atoms with Crippen molar-refractivity contribution >= 4 is 27.8 Å². The number of nitrogens with zero attached hydrogens (tertiary/aromatic N) is 1. The molecule has 1 aromatic rings. The third-order valence-corrected chi connectivity index (χ3v) is 6.16. The smallest absolute Gasteiger partial charge is 0.325 e. The summed E-state index contributed by atoms with van der Waals surface area (Å²) < 4.78 is 57.7. The van der Waals surface area contributed by atoms with Gasteiger partial charge in [0.25, 0.3) is 0 Å². The summed E-state index contributed by atoms with van der Waals surface area (Å²) in [7, 11) is -3.18. The maximum atomic E-state index is 13.9. The molecule has 0 aliphatic carbocycles. The third kappa shape index (κ3) is 2.90. The Bertz CT molecular complexity index is 678. The number of thioether (sulfide) groups is 1. The van der Waals surface area contributed by atoms with Crippen LogP contribution in [-0.2, 0) is 19.6 Å². The van der Waals surface area contributed by atoms with Gasteiger partial charge in [0.15, 0.2) is 0 Å². The summed E-state index contributed by atoms with van der Waals surface area (Å²) in [6, 6.07) is 0.421. The van der Waals surface area contributed by atoms with E-state index in [0.717, 1.165) is 17.5 Å². The van der Waals surface area contributed by atoms with E-state index in [2.05, 4.69) is 4.74 Å². The van der Waals surface area contributed by atoms with Gasteiger partial charge in [-0.05, 0) is 24.6 Å². The molecule has 5 nitrogen and oxygen atoms in total. The van der Waals surface area contributed by atoms with Gasteiger partial charge < -0.3 is 4.74 Å². The summed E-state index contributed by atoms with van der Waals surface area (Å²) in [5.74, 6) is -2.40. The van der Waals surface area contributed by atoms with Crippen molar-refractivity contribution in [1.82, 2.24) is 4.31 Å². The summed E-state index contributed by atoms with van der Waals surface area (Å²) in [5, 5.41) is 0. The first kappa shape index (κ1) is 16.2. The lowest BCUT2D eigenvalue weighted by atomic mass is 10.2. The molecule has 0 spiro atoms. The van der Waals surface area contributed by atoms with Crippen LogP contribution in [0, 0.1) is 18.6 Å². The van der Waals surface area contributed by atoms with Gasteiger partial charge in [-0.2, -0.15) is 4.31 Å². The van der Waals surface area contributed by atoms with Crippen molar-refractivity contribution in [2.45, 2.75) is 17.9 Å². The number of aryl methyl sites for hydroxylation is 1. The van der Waals surface area contributed by atoms with Gasteiger partial charge in [-0.3, -0.25) is 4.79 Å². The predicted molar refractivity (Wildman–Crippen MR) is 73.2 cm³/mol. The summed E-state index contributed by atoms with van der Waals surface area (Å²) in [6.07, 6.45) is 0. The molecule has 1 heterocycles. The van der Waals surface area contributed by atoms with Gasteiger partial charge in [0.1, 0.15) is 22.6 Å². The van der Waals surface area contributed by atoms with Gasteiger partial charge in [0.2, 0.25) is 10.0 Å². The highest BCUT2D eigenvalue weighted by atomic mass is 32.2. The number of rotatable bonds is 3. The zero-order valence-corrected chi connectivity index (χ0v) is 12.9. The number of esters is 1. The third-order valence-electron chi connectivity index (χ3n) is 3.11. The highest BCUT2D eigenvalue weighted by Gasteiger charge is 2.42. The Hall–Kier alpha value is -1.19. The van der Waals surface area contributed by atoms with Crippen LogP contribution in [0.3, 0.4) is 0 Å². The second kappa shape index (κ2) is 5.90. The summed E-state index contributed by atoms with van der Waals surface area (Å²) in [4.78, 5) is 10.8. The van der Waals surface area contributed by atoms with Crippen LogP contribution in [0.25, 0.3) is 0 Å². The van der Waals surface area contributed by atoms with Crippen molar-refractivity contribution in [3.05, 3.63) is 29.3 Å². The van der Waals surface area contributed by atoms with Gasteiger partial charge >= 0.3 is 5.97 Å². The first-order valence-corrected chi connectivity index (χ1v) is 8.51. The van der Waals surface area contributed by atoms with E-state index >= 15 is 0 Å². The average molecular weight is 337 g/mol. The molecule has 0 radical (unpaired) electrons. The summed E-state index contributed by atoms with van der Waals surface area (Å²) >= 11 is 1.20. The Balaban J connectivity index is 2.47. The predicted octanol–water partition coefficient (Wildman–Crippen LogP) is 1.51. The first-order valence-electron chi connectivity index (χ1n) is 5.92. The normalized spacial score (nSPS) is 19.7. The number of methoxy groups -OCH3 is 1. The minimum absolute atomic E-state index is 0.00626. The van der Waals surface area contributed by atoms with Crippen LogP contribution in [0.15, 0.2) is 17.0 Å². The van der Waals surface area contributed by atoms with Gasteiger partial charge in [-0.25, -0.2) is 17.2 Å². The van der Waals surface area contributed by atoms with Crippen LogP contribution in [0.2, 0.25) is 0 Å². The van der Waals surface area contributed by atoms with E-state index in [9.17, 15) is 22.0 Å². The molecule has 1 fully saturated rings. The van der Waals surface area contributed by atoms with Crippen molar-refractivity contribution in [3.8, 4) is 0 Å². The first-order chi connectivity index (χ1) is 9.78. The van der Waals surface area contributed by atoms with Crippen LogP contribution >= 0.6 is 11.8 Å². The molecular formula is C12H13F2NO4S2. The fourth-order valence-corrected chi connectivity index (χ4v) is 5.12. The fraction of sp³-hybridized carbons (Fsp3) is 0.417. The maximum absolute atomic E-state index is 13.9. The largest absolute Gasteiger partial charge is 0.468 e. The Morgan fingerprint density at radius 1 is 1.38 bits per heavy atom. The lowest BCUT2D eigenvalue weighted by Gasteiger charge is -2.21. The quantitative estimate of drug-likeness (QED) is 0.783.